The normalized spacial score (nSPS) is 10.5. The fourth-order valence-electron chi connectivity index (χ4n) is 2.62. The largest absolute Gasteiger partial charge is 0.384 e. The van der Waals surface area contributed by atoms with Crippen LogP contribution in [0.2, 0.25) is 0 Å². The van der Waals surface area contributed by atoms with Gasteiger partial charge in [0.15, 0.2) is 0 Å². The summed E-state index contributed by atoms with van der Waals surface area (Å²) in [6, 6.07) is 28.2. The highest BCUT2D eigenvalue weighted by Crippen LogP contribution is 2.19. The van der Waals surface area contributed by atoms with Crippen LogP contribution < -0.4 is 11.5 Å². The molecule has 0 spiro atoms. The van der Waals surface area contributed by atoms with Gasteiger partial charge in [-0.3, -0.25) is 5.41 Å². The highest BCUT2D eigenvalue weighted by Gasteiger charge is 1.94. The van der Waals surface area contributed by atoms with Crippen molar-refractivity contribution in [2.75, 3.05) is 6.54 Å². The van der Waals surface area contributed by atoms with Crippen molar-refractivity contribution in [1.82, 2.24) is 0 Å². The summed E-state index contributed by atoms with van der Waals surface area (Å²) in [4.78, 5) is 0. The molecule has 31 heavy (non-hydrogen) atoms. The SMILES string of the molecule is C/C=C(\C=C/CC)CN.Cc1cccc(-c2ccccc2)c1.N=C(N)c1ccccc1. The zero-order valence-corrected chi connectivity index (χ0v) is 18.9. The maximum absolute atomic E-state index is 7.01. The summed E-state index contributed by atoms with van der Waals surface area (Å²) in [5.41, 5.74) is 16.5. The van der Waals surface area contributed by atoms with E-state index in [1.165, 1.54) is 22.3 Å². The van der Waals surface area contributed by atoms with Crippen LogP contribution in [0.25, 0.3) is 11.1 Å². The van der Waals surface area contributed by atoms with Crippen molar-refractivity contribution in [3.05, 3.63) is 120 Å². The summed E-state index contributed by atoms with van der Waals surface area (Å²) in [5, 5.41) is 7.01. The molecule has 3 aromatic carbocycles. The molecule has 3 aromatic rings. The van der Waals surface area contributed by atoms with Gasteiger partial charge in [0.2, 0.25) is 0 Å². The molecule has 0 aromatic heterocycles. The average Bonchev–Trinajstić information content (AvgIpc) is 2.82. The fraction of sp³-hybridized carbons (Fsp3) is 0.179. The first-order chi connectivity index (χ1) is 15.0. The second-order valence-electron chi connectivity index (χ2n) is 6.89. The van der Waals surface area contributed by atoms with Gasteiger partial charge in [0, 0.05) is 12.1 Å². The van der Waals surface area contributed by atoms with Crippen molar-refractivity contribution in [3.63, 3.8) is 0 Å². The van der Waals surface area contributed by atoms with Crippen molar-refractivity contribution in [3.8, 4) is 11.1 Å². The Kier molecular flexibility index (Phi) is 12.7. The van der Waals surface area contributed by atoms with Crippen LogP contribution in [-0.2, 0) is 0 Å². The van der Waals surface area contributed by atoms with Crippen molar-refractivity contribution in [2.24, 2.45) is 11.5 Å². The fourth-order valence-corrected chi connectivity index (χ4v) is 2.62. The Bertz CT molecular complexity index is 942. The second-order valence-corrected chi connectivity index (χ2v) is 6.89. The first-order valence-electron chi connectivity index (χ1n) is 10.5. The molecule has 0 radical (unpaired) electrons. The number of aryl methyl sites for hydroxylation is 1. The third-order valence-electron chi connectivity index (χ3n) is 4.38. The van der Waals surface area contributed by atoms with E-state index in [1.807, 2.05) is 49.4 Å². The Morgan fingerprint density at radius 1 is 0.871 bits per heavy atom. The molecule has 0 fully saturated rings. The molecule has 0 amide bonds. The van der Waals surface area contributed by atoms with Crippen LogP contribution in [0.15, 0.2) is 109 Å². The molecule has 3 nitrogen and oxygen atoms in total. The van der Waals surface area contributed by atoms with E-state index in [9.17, 15) is 0 Å². The molecule has 0 heterocycles. The molecule has 0 unspecified atom stereocenters. The zero-order chi connectivity index (χ0) is 22.9. The molecule has 3 heteroatoms. The monoisotopic (exact) mass is 413 g/mol. The van der Waals surface area contributed by atoms with Gasteiger partial charge in [-0.25, -0.2) is 0 Å². The van der Waals surface area contributed by atoms with Crippen molar-refractivity contribution < 1.29 is 0 Å². The Morgan fingerprint density at radius 2 is 1.45 bits per heavy atom. The first-order valence-corrected chi connectivity index (χ1v) is 10.5. The highest BCUT2D eigenvalue weighted by atomic mass is 14.7. The van der Waals surface area contributed by atoms with Gasteiger partial charge >= 0.3 is 0 Å². The van der Waals surface area contributed by atoms with Gasteiger partial charge in [-0.2, -0.15) is 0 Å². The number of hydrogen-bond acceptors (Lipinski definition) is 2. The van der Waals surface area contributed by atoms with Gasteiger partial charge in [-0.15, -0.1) is 0 Å². The molecule has 0 aliphatic carbocycles. The van der Waals surface area contributed by atoms with Gasteiger partial charge in [0.1, 0.15) is 5.84 Å². The minimum Gasteiger partial charge on any atom is -0.384 e. The summed E-state index contributed by atoms with van der Waals surface area (Å²) >= 11 is 0. The van der Waals surface area contributed by atoms with Gasteiger partial charge < -0.3 is 11.5 Å². The van der Waals surface area contributed by atoms with E-state index >= 15 is 0 Å². The molecule has 0 saturated heterocycles. The van der Waals surface area contributed by atoms with Gasteiger partial charge in [-0.05, 0) is 37.0 Å². The van der Waals surface area contributed by atoms with E-state index in [2.05, 4.69) is 74.5 Å². The molecule has 0 aliphatic heterocycles. The predicted octanol–water partition coefficient (Wildman–Crippen LogP) is 6.49. The zero-order valence-electron chi connectivity index (χ0n) is 18.9. The van der Waals surface area contributed by atoms with Gasteiger partial charge in [0.25, 0.3) is 0 Å². The summed E-state index contributed by atoms with van der Waals surface area (Å²) in [6.45, 7) is 6.88. The number of benzene rings is 3. The Morgan fingerprint density at radius 3 is 1.90 bits per heavy atom. The number of nitrogens with two attached hydrogens (primary N) is 2. The van der Waals surface area contributed by atoms with E-state index in [-0.39, 0.29) is 5.84 Å². The lowest BCUT2D eigenvalue weighted by Gasteiger charge is -2.01. The van der Waals surface area contributed by atoms with Crippen LogP contribution in [0.5, 0.6) is 0 Å². The lowest BCUT2D eigenvalue weighted by Crippen LogP contribution is -2.10. The van der Waals surface area contributed by atoms with Crippen LogP contribution in [-0.4, -0.2) is 12.4 Å². The number of allylic oxidation sites excluding steroid dienone is 2. The van der Waals surface area contributed by atoms with Crippen molar-refractivity contribution in [1.29, 1.82) is 5.41 Å². The maximum Gasteiger partial charge on any atom is 0.122 e. The van der Waals surface area contributed by atoms with E-state index in [1.54, 1.807) is 0 Å². The van der Waals surface area contributed by atoms with Crippen LogP contribution in [0.1, 0.15) is 31.4 Å². The molecule has 162 valence electrons. The Balaban J connectivity index is 0.000000240. The summed E-state index contributed by atoms with van der Waals surface area (Å²) in [6.07, 6.45) is 7.30. The highest BCUT2D eigenvalue weighted by molar-refractivity contribution is 5.94. The number of nitrogens with one attached hydrogen (secondary N) is 1. The van der Waals surface area contributed by atoms with Crippen LogP contribution in [0.3, 0.4) is 0 Å². The lowest BCUT2D eigenvalue weighted by atomic mass is 10.0. The minimum absolute atomic E-state index is 0.121. The summed E-state index contributed by atoms with van der Waals surface area (Å²) in [5.74, 6) is 0.121. The van der Waals surface area contributed by atoms with Crippen molar-refractivity contribution >= 4 is 5.84 Å². The topological polar surface area (TPSA) is 75.9 Å². The molecular weight excluding hydrogens is 378 g/mol. The van der Waals surface area contributed by atoms with E-state index < -0.39 is 0 Å². The molecule has 0 saturated carbocycles. The first kappa shape index (κ1) is 25.6. The molecule has 0 atom stereocenters. The molecular formula is C28H35N3. The van der Waals surface area contributed by atoms with E-state index in [4.69, 9.17) is 16.9 Å². The molecule has 0 aliphatic rings. The van der Waals surface area contributed by atoms with E-state index in [0.717, 1.165) is 12.0 Å². The number of amidine groups is 1. The predicted molar refractivity (Wildman–Crippen MR) is 136 cm³/mol. The lowest BCUT2D eigenvalue weighted by molar-refractivity contribution is 1.16. The molecule has 3 rings (SSSR count). The third-order valence-corrected chi connectivity index (χ3v) is 4.38. The van der Waals surface area contributed by atoms with Crippen LogP contribution in [0.4, 0.5) is 0 Å². The van der Waals surface area contributed by atoms with E-state index in [0.29, 0.717) is 6.54 Å². The Labute approximate surface area is 187 Å². The minimum atomic E-state index is 0.121. The smallest absolute Gasteiger partial charge is 0.122 e. The molecule has 5 N–H and O–H groups in total. The standard InChI is InChI=1S/C13H12.C8H15N.C7H8N2/c1-11-6-5-9-13(10-11)12-7-3-2-4-8-12;1-3-5-6-8(4-2)7-9;8-7(9)6-4-2-1-3-5-6/h2-10H,1H3;4-6H,3,7,9H2,1-2H3;1-5H,(H3,8,9)/b;6-5-,8-4+;. The average molecular weight is 414 g/mol. The number of nitrogen functional groups attached to an aromatic ring is 1. The summed E-state index contributed by atoms with van der Waals surface area (Å²) in [7, 11) is 0. The second kappa shape index (κ2) is 15.4. The third kappa shape index (κ3) is 10.8. The van der Waals surface area contributed by atoms with Crippen LogP contribution >= 0.6 is 0 Å². The Hall–Kier alpha value is -3.43. The van der Waals surface area contributed by atoms with Gasteiger partial charge in [-0.1, -0.05) is 116 Å². The van der Waals surface area contributed by atoms with Crippen molar-refractivity contribution in [2.45, 2.75) is 27.2 Å². The number of rotatable bonds is 5. The number of hydrogen-bond donors (Lipinski definition) is 3. The molecule has 0 bridgehead atoms. The van der Waals surface area contributed by atoms with Gasteiger partial charge in [0.05, 0.1) is 0 Å². The van der Waals surface area contributed by atoms with Crippen LogP contribution in [0, 0.1) is 12.3 Å². The maximum atomic E-state index is 7.01. The summed E-state index contributed by atoms with van der Waals surface area (Å²) < 4.78 is 0. The quantitative estimate of drug-likeness (QED) is 0.254.